The van der Waals surface area contributed by atoms with Crippen molar-refractivity contribution in [1.29, 1.82) is 0 Å². The number of rotatable bonds is 5. The van der Waals surface area contributed by atoms with Crippen molar-refractivity contribution in [1.82, 2.24) is 0 Å². The van der Waals surface area contributed by atoms with Crippen molar-refractivity contribution >= 4 is 43.5 Å². The topological polar surface area (TPSA) is 13.1 Å². The fourth-order valence-corrected chi connectivity index (χ4v) is 5.86. The third kappa shape index (κ3) is 4.94. The molecule has 0 amide bonds. The predicted molar refractivity (Wildman–Crippen MR) is 216 cm³/mol. The monoisotopic (exact) mass is 679 g/mol. The summed E-state index contributed by atoms with van der Waals surface area (Å²) in [5, 5.41) is -4.32. The standard InChI is InChI=1S/C50H32O/c1-4-15-33(16-5-1)36-21-14-22-37(29-36)45-30-39(34-17-6-2-7-18-34)31-46-40-28-27-38(32-47(40)51-50(45)46)49-43-25-12-10-23-41(43)48(35-19-8-3-9-20-35)42-24-11-13-26-44(42)49/h1-32H/i1D,2D,3D,4D,5D,6D,7D,8D,9D,10D,11D,12D,13D,14D,15D,16D,17D,19D,20D,21D,22D,23D,24D,25D,26D,27D,28D,29D,30D,31D,32D. The van der Waals surface area contributed by atoms with E-state index in [2.05, 4.69) is 0 Å². The number of furan rings is 1. The Kier molecular flexibility index (Phi) is 2.75. The van der Waals surface area contributed by atoms with Crippen LogP contribution in [0.1, 0.15) is 42.5 Å². The van der Waals surface area contributed by atoms with Gasteiger partial charge in [-0.15, -0.1) is 0 Å². The number of fused-ring (bicyclic) bond motifs is 5. The van der Waals surface area contributed by atoms with Crippen LogP contribution in [-0.2, 0) is 0 Å². The molecule has 1 heterocycles. The Morgan fingerprint density at radius 1 is 0.314 bits per heavy atom. The molecule has 0 spiro atoms. The Hall–Kier alpha value is -6.70. The molecule has 0 aliphatic heterocycles. The quantitative estimate of drug-likeness (QED) is 0.165. The fourth-order valence-electron chi connectivity index (χ4n) is 5.86. The summed E-state index contributed by atoms with van der Waals surface area (Å²) < 4.78 is 285. The minimum atomic E-state index is -1.09. The Morgan fingerprint density at radius 3 is 1.55 bits per heavy atom. The second kappa shape index (κ2) is 12.0. The van der Waals surface area contributed by atoms with E-state index in [0.717, 1.165) is 6.07 Å². The Morgan fingerprint density at radius 2 is 0.863 bits per heavy atom. The van der Waals surface area contributed by atoms with Gasteiger partial charge >= 0.3 is 0 Å². The molecule has 51 heavy (non-hydrogen) atoms. The molecule has 0 unspecified atom stereocenters. The van der Waals surface area contributed by atoms with E-state index in [-0.39, 0.29) is 0 Å². The molecule has 1 nitrogen and oxygen atoms in total. The molecular formula is C50H32O. The Labute approximate surface area is 340 Å². The van der Waals surface area contributed by atoms with Crippen LogP contribution in [0.3, 0.4) is 0 Å². The largest absolute Gasteiger partial charge is 0.455 e. The van der Waals surface area contributed by atoms with E-state index in [9.17, 15) is 15.1 Å². The summed E-state index contributed by atoms with van der Waals surface area (Å²) in [5.74, 6) is 0. The summed E-state index contributed by atoms with van der Waals surface area (Å²) in [6.07, 6.45) is 0. The molecule has 1 aromatic heterocycles. The van der Waals surface area contributed by atoms with Crippen molar-refractivity contribution in [3.63, 3.8) is 0 Å². The van der Waals surface area contributed by atoms with E-state index in [1.54, 1.807) is 0 Å². The smallest absolute Gasteiger partial charge is 0.143 e. The molecule has 0 bridgehead atoms. The first kappa shape index (κ1) is 11.7. The maximum Gasteiger partial charge on any atom is 0.143 e. The van der Waals surface area contributed by atoms with Gasteiger partial charge in [0.1, 0.15) is 11.2 Å². The lowest BCUT2D eigenvalue weighted by molar-refractivity contribution is 0.670. The third-order valence-corrected chi connectivity index (χ3v) is 8.00. The zero-order valence-corrected chi connectivity index (χ0v) is 25.5. The van der Waals surface area contributed by atoms with Crippen LogP contribution >= 0.6 is 0 Å². The highest BCUT2D eigenvalue weighted by atomic mass is 16.3. The van der Waals surface area contributed by atoms with Crippen molar-refractivity contribution in [2.24, 2.45) is 0 Å². The second-order valence-electron chi connectivity index (χ2n) is 10.8. The summed E-state index contributed by atoms with van der Waals surface area (Å²) in [5.41, 5.74) is -9.42. The Balaban J connectivity index is 1.49. The molecule has 238 valence electrons. The number of hydrogen-bond acceptors (Lipinski definition) is 1. The van der Waals surface area contributed by atoms with Crippen LogP contribution in [-0.4, -0.2) is 0 Å². The molecule has 9 aromatic carbocycles. The number of hydrogen-bond donors (Lipinski definition) is 0. The molecule has 0 atom stereocenters. The van der Waals surface area contributed by atoms with E-state index in [1.807, 2.05) is 0 Å². The molecule has 0 aliphatic carbocycles. The summed E-state index contributed by atoms with van der Waals surface area (Å²) in [7, 11) is 0. The van der Waals surface area contributed by atoms with Gasteiger partial charge in [0.2, 0.25) is 0 Å². The predicted octanol–water partition coefficient (Wildman–Crippen LogP) is 14.2. The second-order valence-corrected chi connectivity index (χ2v) is 10.8. The van der Waals surface area contributed by atoms with Gasteiger partial charge in [-0.3, -0.25) is 0 Å². The maximum atomic E-state index is 9.99. The highest BCUT2D eigenvalue weighted by molar-refractivity contribution is 6.22. The zero-order chi connectivity index (χ0) is 60.7. The molecule has 0 fully saturated rings. The molecule has 1 heteroatoms. The van der Waals surface area contributed by atoms with Crippen LogP contribution in [0, 0.1) is 0 Å². The molecule has 0 saturated heterocycles. The van der Waals surface area contributed by atoms with E-state index in [0.29, 0.717) is 0 Å². The van der Waals surface area contributed by atoms with Gasteiger partial charge in [0, 0.05) is 16.3 Å². The van der Waals surface area contributed by atoms with E-state index >= 15 is 0 Å². The van der Waals surface area contributed by atoms with E-state index < -0.39 is 286 Å². The van der Waals surface area contributed by atoms with E-state index in [1.165, 1.54) is 0 Å². The lowest BCUT2D eigenvalue weighted by Crippen LogP contribution is -1.90. The van der Waals surface area contributed by atoms with E-state index in [4.69, 9.17) is 31.8 Å². The van der Waals surface area contributed by atoms with Gasteiger partial charge in [-0.2, -0.15) is 0 Å². The van der Waals surface area contributed by atoms with Crippen molar-refractivity contribution in [2.45, 2.75) is 0 Å². The van der Waals surface area contributed by atoms with Crippen LogP contribution in [0.5, 0.6) is 0 Å². The first-order valence-electron chi connectivity index (χ1n) is 30.5. The van der Waals surface area contributed by atoms with Crippen LogP contribution in [0.25, 0.3) is 99.1 Å². The first-order valence-corrected chi connectivity index (χ1v) is 15.0. The SMILES string of the molecule is [2H]c1cc(-c2c([2H])c(-c3c([2H])c([2H])c([2H])c(-c4c([2H])c([2H])c([2H])c([2H])c4[2H])c3[2H])c3oc4c([2H])c(-c5c6c([2H])c([2H])c([2H])c([2H])c6c(-c6c([2H])c([2H])c([2H])c([2H])c6[2H])c6c([2H])c([2H])c([2H])c([2H])c56)c([2H])c([2H])c4c3c2[2H])c([2H])c([2H])c1[2H]. The average molecular weight is 680 g/mol. The van der Waals surface area contributed by atoms with Gasteiger partial charge in [-0.05, 0) is 102 Å². The van der Waals surface area contributed by atoms with Crippen molar-refractivity contribution in [3.8, 4) is 55.6 Å². The number of benzene rings is 9. The fraction of sp³-hybridized carbons (Fsp3) is 0. The minimum absolute atomic E-state index is 0.577. The normalized spacial score (nSPS) is 20.0. The average Bonchev–Trinajstić information content (AvgIpc) is 2.69. The van der Waals surface area contributed by atoms with Crippen molar-refractivity contribution < 1.29 is 46.9 Å². The summed E-state index contributed by atoms with van der Waals surface area (Å²) in [6, 6.07) is -29.0. The van der Waals surface area contributed by atoms with Gasteiger partial charge in [0.15, 0.2) is 0 Å². The van der Waals surface area contributed by atoms with Crippen LogP contribution < -0.4 is 0 Å². The highest BCUT2D eigenvalue weighted by Crippen LogP contribution is 2.46. The lowest BCUT2D eigenvalue weighted by Gasteiger charge is -2.17. The van der Waals surface area contributed by atoms with Gasteiger partial charge in [-0.1, -0.05) is 163 Å². The van der Waals surface area contributed by atoms with Gasteiger partial charge in [0.05, 0.1) is 42.5 Å². The molecule has 0 aliphatic rings. The molecule has 0 saturated carbocycles. The lowest BCUT2D eigenvalue weighted by atomic mass is 9.86. The van der Waals surface area contributed by atoms with Crippen LogP contribution in [0.4, 0.5) is 0 Å². The van der Waals surface area contributed by atoms with Gasteiger partial charge in [0.25, 0.3) is 0 Å². The maximum absolute atomic E-state index is 9.99. The first-order chi connectivity index (χ1) is 38.2. The molecular weight excluding hydrogens is 617 g/mol. The molecule has 0 radical (unpaired) electrons. The third-order valence-electron chi connectivity index (χ3n) is 8.00. The molecule has 10 aromatic rings. The molecule has 0 N–H and O–H groups in total. The van der Waals surface area contributed by atoms with Gasteiger partial charge in [-0.25, -0.2) is 0 Å². The summed E-state index contributed by atoms with van der Waals surface area (Å²) in [4.78, 5) is 0. The van der Waals surface area contributed by atoms with Crippen molar-refractivity contribution in [3.05, 3.63) is 193 Å². The summed E-state index contributed by atoms with van der Waals surface area (Å²) in [6.45, 7) is 0. The van der Waals surface area contributed by atoms with Gasteiger partial charge < -0.3 is 4.42 Å². The molecule has 10 rings (SSSR count). The highest BCUT2D eigenvalue weighted by Gasteiger charge is 2.20. The zero-order valence-electron chi connectivity index (χ0n) is 56.5. The summed E-state index contributed by atoms with van der Waals surface area (Å²) >= 11 is 0. The van der Waals surface area contributed by atoms with Crippen molar-refractivity contribution in [2.75, 3.05) is 0 Å². The minimum Gasteiger partial charge on any atom is -0.455 e. The Bertz CT molecular complexity index is 4560. The van der Waals surface area contributed by atoms with Crippen LogP contribution in [0.2, 0.25) is 0 Å². The van der Waals surface area contributed by atoms with Crippen LogP contribution in [0.15, 0.2) is 198 Å².